The molecule has 1 aromatic carbocycles. The number of hydrogen-bond donors (Lipinski definition) is 4. The van der Waals surface area contributed by atoms with E-state index in [1.54, 1.807) is 6.92 Å². The van der Waals surface area contributed by atoms with Crippen molar-refractivity contribution in [3.05, 3.63) is 35.9 Å². The van der Waals surface area contributed by atoms with E-state index in [4.69, 9.17) is 9.47 Å². The molecule has 2 heterocycles. The molecule has 2 aliphatic heterocycles. The van der Waals surface area contributed by atoms with Gasteiger partial charge in [-0.25, -0.2) is 0 Å². The summed E-state index contributed by atoms with van der Waals surface area (Å²) in [5.41, 5.74) is -0.0410. The monoisotopic (exact) mass is 476 g/mol. The van der Waals surface area contributed by atoms with Crippen molar-refractivity contribution in [1.29, 1.82) is 0 Å². The fourth-order valence-electron chi connectivity index (χ4n) is 3.61. The first-order valence-corrected chi connectivity index (χ1v) is 11.3. The van der Waals surface area contributed by atoms with Crippen molar-refractivity contribution in [3.63, 3.8) is 0 Å². The highest BCUT2D eigenvalue weighted by atomic mass is 16.6. The molecular formula is C23H32N4O7. The number of aliphatic hydroxyl groups is 1. The Morgan fingerprint density at radius 1 is 1.06 bits per heavy atom. The second kappa shape index (κ2) is 12.0. The van der Waals surface area contributed by atoms with Gasteiger partial charge in [0.2, 0.25) is 17.7 Å². The number of hydrogen-bond acceptors (Lipinski definition) is 8. The predicted molar refractivity (Wildman–Crippen MR) is 121 cm³/mol. The number of nitrogens with one attached hydrogen (secondary N) is 3. The normalized spacial score (nSPS) is 21.7. The van der Waals surface area contributed by atoms with Gasteiger partial charge in [0.25, 0.3) is 0 Å². The Morgan fingerprint density at radius 2 is 1.71 bits per heavy atom. The third-order valence-corrected chi connectivity index (χ3v) is 5.76. The number of benzene rings is 1. The highest BCUT2D eigenvalue weighted by Crippen LogP contribution is 2.29. The number of ketones is 1. The molecule has 1 aromatic rings. The summed E-state index contributed by atoms with van der Waals surface area (Å²) in [5.74, 6) is -1.91. The van der Waals surface area contributed by atoms with Crippen LogP contribution in [0.4, 0.5) is 0 Å². The van der Waals surface area contributed by atoms with E-state index in [1.165, 1.54) is 0 Å². The molecule has 4 N–H and O–H groups in total. The summed E-state index contributed by atoms with van der Waals surface area (Å²) in [4.78, 5) is 51.8. The summed E-state index contributed by atoms with van der Waals surface area (Å²) in [7, 11) is 0. The average Bonchev–Trinajstić information content (AvgIpc) is 3.59. The Kier molecular flexibility index (Phi) is 9.11. The number of carbonyl (C=O) groups excluding carboxylic acids is 4. The van der Waals surface area contributed by atoms with E-state index in [1.807, 2.05) is 35.2 Å². The number of rotatable bonds is 12. The lowest BCUT2D eigenvalue weighted by Gasteiger charge is -2.26. The molecule has 2 aliphatic rings. The SMILES string of the molecule is CC1(C(=O)C(Cc2ccccc2)NC(=O)CNC(=O)C(CO)NC(=O)CN2CCOCC2)CO1. The third kappa shape index (κ3) is 7.59. The Hall–Kier alpha value is -2.86. The molecule has 0 aromatic heterocycles. The molecule has 3 atom stereocenters. The summed E-state index contributed by atoms with van der Waals surface area (Å²) in [5, 5.41) is 17.1. The molecule has 0 aliphatic carbocycles. The van der Waals surface area contributed by atoms with E-state index in [0.29, 0.717) is 32.9 Å². The van der Waals surface area contributed by atoms with Crippen molar-refractivity contribution < 1.29 is 33.8 Å². The van der Waals surface area contributed by atoms with Crippen LogP contribution >= 0.6 is 0 Å². The van der Waals surface area contributed by atoms with Crippen LogP contribution in [0.1, 0.15) is 12.5 Å². The van der Waals surface area contributed by atoms with Crippen LogP contribution in [0.25, 0.3) is 0 Å². The van der Waals surface area contributed by atoms with Crippen molar-refractivity contribution >= 4 is 23.5 Å². The molecule has 0 radical (unpaired) electrons. The van der Waals surface area contributed by atoms with Crippen LogP contribution < -0.4 is 16.0 Å². The fraction of sp³-hybridized carbons (Fsp3) is 0.565. The zero-order valence-corrected chi connectivity index (χ0v) is 19.2. The van der Waals surface area contributed by atoms with Gasteiger partial charge < -0.3 is 30.5 Å². The van der Waals surface area contributed by atoms with Crippen LogP contribution in [0.2, 0.25) is 0 Å². The molecule has 186 valence electrons. The molecule has 11 nitrogen and oxygen atoms in total. The van der Waals surface area contributed by atoms with E-state index in [-0.39, 0.29) is 18.7 Å². The minimum Gasteiger partial charge on any atom is -0.394 e. The molecule has 3 amide bonds. The van der Waals surface area contributed by atoms with Crippen LogP contribution in [0.15, 0.2) is 30.3 Å². The summed E-state index contributed by atoms with van der Waals surface area (Å²) in [6.45, 7) is 3.30. The van der Waals surface area contributed by atoms with E-state index in [2.05, 4.69) is 16.0 Å². The number of nitrogens with zero attached hydrogens (tertiary/aromatic N) is 1. The van der Waals surface area contributed by atoms with Crippen molar-refractivity contribution in [2.75, 3.05) is 52.6 Å². The molecule has 34 heavy (non-hydrogen) atoms. The molecule has 11 heteroatoms. The van der Waals surface area contributed by atoms with Gasteiger partial charge in [0, 0.05) is 13.1 Å². The first kappa shape index (κ1) is 25.8. The van der Waals surface area contributed by atoms with Crippen LogP contribution in [-0.2, 0) is 35.1 Å². The molecule has 2 saturated heterocycles. The van der Waals surface area contributed by atoms with Crippen molar-refractivity contribution in [2.24, 2.45) is 0 Å². The third-order valence-electron chi connectivity index (χ3n) is 5.76. The number of ether oxygens (including phenoxy) is 2. The van der Waals surface area contributed by atoms with Crippen LogP contribution in [0.3, 0.4) is 0 Å². The molecule has 3 rings (SSSR count). The van der Waals surface area contributed by atoms with Crippen LogP contribution in [-0.4, -0.2) is 104 Å². The second-order valence-electron chi connectivity index (χ2n) is 8.60. The molecule has 0 saturated carbocycles. The quantitative estimate of drug-likeness (QED) is 0.253. The lowest BCUT2D eigenvalue weighted by Crippen LogP contribution is -2.54. The minimum atomic E-state index is -1.19. The van der Waals surface area contributed by atoms with Gasteiger partial charge in [0.15, 0.2) is 5.78 Å². The minimum absolute atomic E-state index is 0.0811. The van der Waals surface area contributed by atoms with Gasteiger partial charge >= 0.3 is 0 Å². The molecule has 0 spiro atoms. The average molecular weight is 477 g/mol. The summed E-state index contributed by atoms with van der Waals surface area (Å²) in [6, 6.07) is 7.25. The zero-order chi connectivity index (χ0) is 24.6. The number of carbonyl (C=O) groups is 4. The number of aliphatic hydroxyl groups excluding tert-OH is 1. The van der Waals surface area contributed by atoms with Gasteiger partial charge in [-0.3, -0.25) is 24.1 Å². The van der Waals surface area contributed by atoms with Crippen molar-refractivity contribution in [3.8, 4) is 0 Å². The van der Waals surface area contributed by atoms with Gasteiger partial charge in [-0.2, -0.15) is 0 Å². The van der Waals surface area contributed by atoms with Crippen LogP contribution in [0.5, 0.6) is 0 Å². The topological polar surface area (TPSA) is 150 Å². The van der Waals surface area contributed by atoms with Gasteiger partial charge in [-0.1, -0.05) is 30.3 Å². The number of morpholine rings is 1. The lowest BCUT2D eigenvalue weighted by atomic mass is 9.95. The smallest absolute Gasteiger partial charge is 0.245 e. The van der Waals surface area contributed by atoms with Crippen molar-refractivity contribution in [1.82, 2.24) is 20.9 Å². The number of epoxide rings is 1. The molecular weight excluding hydrogens is 444 g/mol. The van der Waals surface area contributed by atoms with Gasteiger partial charge in [0.1, 0.15) is 11.6 Å². The van der Waals surface area contributed by atoms with Gasteiger partial charge in [-0.15, -0.1) is 0 Å². The Morgan fingerprint density at radius 3 is 2.32 bits per heavy atom. The fourth-order valence-corrected chi connectivity index (χ4v) is 3.61. The first-order valence-electron chi connectivity index (χ1n) is 11.3. The Bertz CT molecular complexity index is 869. The second-order valence-corrected chi connectivity index (χ2v) is 8.60. The molecule has 2 fully saturated rings. The summed E-state index contributed by atoms with van der Waals surface area (Å²) >= 11 is 0. The lowest BCUT2D eigenvalue weighted by molar-refractivity contribution is -0.133. The predicted octanol–water partition coefficient (Wildman–Crippen LogP) is -2.00. The number of Topliss-reactive ketones (excluding diaryl/α,β-unsaturated/α-hetero) is 1. The molecule has 3 unspecified atom stereocenters. The highest BCUT2D eigenvalue weighted by Gasteiger charge is 2.50. The van der Waals surface area contributed by atoms with E-state index in [0.717, 1.165) is 5.56 Å². The van der Waals surface area contributed by atoms with Gasteiger partial charge in [-0.05, 0) is 18.9 Å². The highest BCUT2D eigenvalue weighted by molar-refractivity contribution is 5.97. The van der Waals surface area contributed by atoms with E-state index < -0.39 is 48.6 Å². The summed E-state index contributed by atoms with van der Waals surface area (Å²) in [6.07, 6.45) is 0.287. The van der Waals surface area contributed by atoms with Crippen LogP contribution in [0, 0.1) is 0 Å². The van der Waals surface area contributed by atoms with E-state index >= 15 is 0 Å². The maximum atomic E-state index is 12.8. The van der Waals surface area contributed by atoms with E-state index in [9.17, 15) is 24.3 Å². The van der Waals surface area contributed by atoms with Crippen molar-refractivity contribution in [2.45, 2.75) is 31.0 Å². The maximum absolute atomic E-state index is 12.8. The Balaban J connectivity index is 1.48. The Labute approximate surface area is 198 Å². The summed E-state index contributed by atoms with van der Waals surface area (Å²) < 4.78 is 10.5. The van der Waals surface area contributed by atoms with Gasteiger partial charge in [0.05, 0.1) is 45.6 Å². The zero-order valence-electron chi connectivity index (χ0n) is 19.2. The first-order chi connectivity index (χ1) is 16.3. The number of amides is 3. The standard InChI is InChI=1S/C23H32N4O7/c1-23(15-34-23)21(31)17(11-16-5-3-2-4-6-16)25-19(29)12-24-22(32)18(14-28)26-20(30)13-27-7-9-33-10-8-27/h2-6,17-18,28H,7-15H2,1H3,(H,24,32)(H,25,29)(H,26,30). The molecule has 0 bridgehead atoms. The maximum Gasteiger partial charge on any atom is 0.245 e. The largest absolute Gasteiger partial charge is 0.394 e.